The molecule has 1 amide bonds. The van der Waals surface area contributed by atoms with Crippen molar-refractivity contribution < 1.29 is 14.6 Å². The second-order valence-corrected chi connectivity index (χ2v) is 4.62. The van der Waals surface area contributed by atoms with Gasteiger partial charge < -0.3 is 20.1 Å². The van der Waals surface area contributed by atoms with E-state index in [4.69, 9.17) is 9.84 Å². The molecule has 0 aliphatic carbocycles. The fraction of sp³-hybridized carbons (Fsp3) is 0.600. The molecule has 21 heavy (non-hydrogen) atoms. The van der Waals surface area contributed by atoms with Crippen molar-refractivity contribution >= 4 is 11.7 Å². The quantitative estimate of drug-likeness (QED) is 0.715. The molecule has 0 unspecified atom stereocenters. The van der Waals surface area contributed by atoms with Gasteiger partial charge in [-0.15, -0.1) is 0 Å². The standard InChI is InChI=1S/C15H25N3O3/c1-4-13-10-12(11-14(17-13)16-5-2)15(20)18(6-8-19)7-9-21-3/h10-11,19H,4-9H2,1-3H3,(H,16,17). The lowest BCUT2D eigenvalue weighted by Crippen LogP contribution is -2.36. The van der Waals surface area contributed by atoms with Gasteiger partial charge in [0.15, 0.2) is 0 Å². The van der Waals surface area contributed by atoms with E-state index in [1.54, 1.807) is 24.1 Å². The third-order valence-corrected chi connectivity index (χ3v) is 3.07. The Morgan fingerprint density at radius 2 is 2.14 bits per heavy atom. The molecule has 1 heterocycles. The molecular weight excluding hydrogens is 270 g/mol. The predicted molar refractivity (Wildman–Crippen MR) is 82.6 cm³/mol. The number of aliphatic hydroxyl groups is 1. The Labute approximate surface area is 126 Å². The number of aryl methyl sites for hydroxylation is 1. The predicted octanol–water partition coefficient (Wildman–Crippen LogP) is 1.16. The van der Waals surface area contributed by atoms with Crippen molar-refractivity contribution in [3.8, 4) is 0 Å². The van der Waals surface area contributed by atoms with Crippen LogP contribution in [0.2, 0.25) is 0 Å². The van der Waals surface area contributed by atoms with Crippen LogP contribution < -0.4 is 5.32 Å². The van der Waals surface area contributed by atoms with Crippen LogP contribution >= 0.6 is 0 Å². The summed E-state index contributed by atoms with van der Waals surface area (Å²) in [4.78, 5) is 18.6. The Bertz CT molecular complexity index is 452. The SMILES string of the molecule is CCNc1cc(C(=O)N(CCO)CCOC)cc(CC)n1. The van der Waals surface area contributed by atoms with E-state index in [0.717, 1.165) is 18.7 Å². The van der Waals surface area contributed by atoms with E-state index >= 15 is 0 Å². The minimum Gasteiger partial charge on any atom is -0.395 e. The molecule has 2 N–H and O–H groups in total. The minimum atomic E-state index is -0.114. The average Bonchev–Trinajstić information content (AvgIpc) is 2.50. The van der Waals surface area contributed by atoms with Crippen molar-refractivity contribution in [3.05, 3.63) is 23.4 Å². The molecule has 1 rings (SSSR count). The van der Waals surface area contributed by atoms with Crippen LogP contribution in [0, 0.1) is 0 Å². The lowest BCUT2D eigenvalue weighted by atomic mass is 10.1. The highest BCUT2D eigenvalue weighted by molar-refractivity contribution is 5.95. The summed E-state index contributed by atoms with van der Waals surface area (Å²) in [6, 6.07) is 3.56. The number of rotatable bonds is 9. The van der Waals surface area contributed by atoms with Crippen LogP contribution in [0.4, 0.5) is 5.82 Å². The number of hydrogen-bond acceptors (Lipinski definition) is 5. The molecule has 0 saturated heterocycles. The van der Waals surface area contributed by atoms with Crippen molar-refractivity contribution in [2.24, 2.45) is 0 Å². The van der Waals surface area contributed by atoms with Gasteiger partial charge in [0.25, 0.3) is 5.91 Å². The van der Waals surface area contributed by atoms with E-state index in [9.17, 15) is 4.79 Å². The summed E-state index contributed by atoms with van der Waals surface area (Å²) in [6.45, 7) is 5.86. The number of methoxy groups -OCH3 is 1. The van der Waals surface area contributed by atoms with Crippen LogP contribution in [-0.4, -0.2) is 60.9 Å². The third kappa shape index (κ3) is 5.32. The molecule has 1 aromatic heterocycles. The van der Waals surface area contributed by atoms with Crippen molar-refractivity contribution in [2.75, 3.05) is 45.3 Å². The topological polar surface area (TPSA) is 74.7 Å². The Balaban J connectivity index is 2.98. The molecule has 118 valence electrons. The molecule has 0 fully saturated rings. The van der Waals surface area contributed by atoms with Crippen LogP contribution in [-0.2, 0) is 11.2 Å². The van der Waals surface area contributed by atoms with E-state index in [0.29, 0.717) is 31.1 Å². The molecule has 0 aromatic carbocycles. The summed E-state index contributed by atoms with van der Waals surface area (Å²) in [7, 11) is 1.59. The van der Waals surface area contributed by atoms with Gasteiger partial charge >= 0.3 is 0 Å². The number of amides is 1. The molecule has 6 heteroatoms. The number of carbonyl (C=O) groups is 1. The zero-order chi connectivity index (χ0) is 15.7. The third-order valence-electron chi connectivity index (χ3n) is 3.07. The number of aromatic nitrogens is 1. The van der Waals surface area contributed by atoms with Gasteiger partial charge in [0.1, 0.15) is 5.82 Å². The van der Waals surface area contributed by atoms with Crippen molar-refractivity contribution in [1.82, 2.24) is 9.88 Å². The van der Waals surface area contributed by atoms with Gasteiger partial charge in [0, 0.05) is 38.0 Å². The first kappa shape index (κ1) is 17.4. The summed E-state index contributed by atoms with van der Waals surface area (Å²) in [5, 5.41) is 12.2. The zero-order valence-electron chi connectivity index (χ0n) is 13.1. The first-order valence-electron chi connectivity index (χ1n) is 7.30. The monoisotopic (exact) mass is 295 g/mol. The Hall–Kier alpha value is -1.66. The molecular formula is C15H25N3O3. The first-order valence-corrected chi connectivity index (χ1v) is 7.30. The zero-order valence-corrected chi connectivity index (χ0v) is 13.1. The van der Waals surface area contributed by atoms with Gasteiger partial charge in [0.2, 0.25) is 0 Å². The molecule has 0 aliphatic rings. The summed E-state index contributed by atoms with van der Waals surface area (Å²) in [5.74, 6) is 0.591. The maximum atomic E-state index is 12.6. The maximum Gasteiger partial charge on any atom is 0.254 e. The van der Waals surface area contributed by atoms with Crippen molar-refractivity contribution in [1.29, 1.82) is 0 Å². The number of nitrogens with one attached hydrogen (secondary N) is 1. The molecule has 0 spiro atoms. The number of aliphatic hydroxyl groups excluding tert-OH is 1. The smallest absolute Gasteiger partial charge is 0.254 e. The molecule has 6 nitrogen and oxygen atoms in total. The first-order chi connectivity index (χ1) is 10.2. The van der Waals surface area contributed by atoms with Crippen LogP contribution in [0.25, 0.3) is 0 Å². The second kappa shape index (κ2) is 9.31. The van der Waals surface area contributed by atoms with Gasteiger partial charge in [-0.2, -0.15) is 0 Å². The van der Waals surface area contributed by atoms with Gasteiger partial charge in [-0.05, 0) is 25.5 Å². The average molecular weight is 295 g/mol. The number of anilines is 1. The van der Waals surface area contributed by atoms with Crippen LogP contribution in [0.15, 0.2) is 12.1 Å². The van der Waals surface area contributed by atoms with Crippen molar-refractivity contribution in [3.63, 3.8) is 0 Å². The molecule has 1 aromatic rings. The normalized spacial score (nSPS) is 10.5. The highest BCUT2D eigenvalue weighted by Gasteiger charge is 2.16. The Morgan fingerprint density at radius 1 is 1.38 bits per heavy atom. The van der Waals surface area contributed by atoms with Gasteiger partial charge in [0.05, 0.1) is 13.2 Å². The lowest BCUT2D eigenvalue weighted by Gasteiger charge is -2.22. The van der Waals surface area contributed by atoms with Gasteiger partial charge in [-0.25, -0.2) is 4.98 Å². The van der Waals surface area contributed by atoms with Gasteiger partial charge in [-0.1, -0.05) is 6.92 Å². The van der Waals surface area contributed by atoms with Crippen molar-refractivity contribution in [2.45, 2.75) is 20.3 Å². The van der Waals surface area contributed by atoms with E-state index in [-0.39, 0.29) is 12.5 Å². The molecule has 0 bridgehead atoms. The number of carbonyl (C=O) groups excluding carboxylic acids is 1. The second-order valence-electron chi connectivity index (χ2n) is 4.62. The molecule has 0 aliphatic heterocycles. The number of ether oxygens (including phenoxy) is 1. The minimum absolute atomic E-state index is 0.0682. The van der Waals surface area contributed by atoms with E-state index < -0.39 is 0 Å². The largest absolute Gasteiger partial charge is 0.395 e. The fourth-order valence-corrected chi connectivity index (χ4v) is 1.98. The Kier molecular flexibility index (Phi) is 7.71. The van der Waals surface area contributed by atoms with Gasteiger partial charge in [-0.3, -0.25) is 4.79 Å². The summed E-state index contributed by atoms with van der Waals surface area (Å²) < 4.78 is 5.01. The van der Waals surface area contributed by atoms with Crippen LogP contribution in [0.5, 0.6) is 0 Å². The number of nitrogens with zero attached hydrogens (tertiary/aromatic N) is 2. The van der Waals surface area contributed by atoms with Crippen LogP contribution in [0.1, 0.15) is 29.9 Å². The van der Waals surface area contributed by atoms with E-state index in [2.05, 4.69) is 10.3 Å². The van der Waals surface area contributed by atoms with E-state index in [1.165, 1.54) is 0 Å². The highest BCUT2D eigenvalue weighted by Crippen LogP contribution is 2.13. The molecule has 0 saturated carbocycles. The summed E-state index contributed by atoms with van der Waals surface area (Å²) in [5.41, 5.74) is 1.45. The Morgan fingerprint density at radius 3 is 2.71 bits per heavy atom. The maximum absolute atomic E-state index is 12.6. The fourth-order valence-electron chi connectivity index (χ4n) is 1.98. The van der Waals surface area contributed by atoms with Crippen LogP contribution in [0.3, 0.4) is 0 Å². The highest BCUT2D eigenvalue weighted by atomic mass is 16.5. The summed E-state index contributed by atoms with van der Waals surface area (Å²) >= 11 is 0. The lowest BCUT2D eigenvalue weighted by molar-refractivity contribution is 0.0656. The number of pyridine rings is 1. The summed E-state index contributed by atoms with van der Waals surface area (Å²) in [6.07, 6.45) is 0.761. The van der Waals surface area contributed by atoms with E-state index in [1.807, 2.05) is 13.8 Å². The molecule has 0 radical (unpaired) electrons. The number of hydrogen-bond donors (Lipinski definition) is 2. The molecule has 0 atom stereocenters.